The van der Waals surface area contributed by atoms with Gasteiger partial charge in [0.2, 0.25) is 0 Å². The average molecular weight is 198 g/mol. The van der Waals surface area contributed by atoms with Gasteiger partial charge in [0.25, 0.3) is 0 Å². The molecular weight excluding hydrogens is 188 g/mol. The van der Waals surface area contributed by atoms with Crippen molar-refractivity contribution in [2.45, 2.75) is 24.7 Å². The van der Waals surface area contributed by atoms with E-state index in [0.29, 0.717) is 0 Å². The zero-order valence-electron chi connectivity index (χ0n) is 8.23. The van der Waals surface area contributed by atoms with Crippen LogP contribution in [-0.2, 0) is 5.41 Å². The summed E-state index contributed by atoms with van der Waals surface area (Å²) in [6.45, 7) is 0. The highest BCUT2D eigenvalue weighted by Crippen LogP contribution is 2.44. The van der Waals surface area contributed by atoms with Gasteiger partial charge in [-0.15, -0.1) is 0 Å². The Morgan fingerprint density at radius 3 is 2.93 bits per heavy atom. The molecule has 1 fully saturated rings. The van der Waals surface area contributed by atoms with E-state index in [2.05, 4.69) is 11.1 Å². The van der Waals surface area contributed by atoms with Crippen LogP contribution < -0.4 is 0 Å². The van der Waals surface area contributed by atoms with Crippen LogP contribution in [0.3, 0.4) is 0 Å². The molecule has 1 saturated carbocycles. The van der Waals surface area contributed by atoms with Crippen molar-refractivity contribution >= 4 is 11.0 Å². The molecule has 0 saturated heterocycles. The standard InChI is InChI=1S/C12H10N2O/c13-8-12(3-1-4-12)11-6-9-2-5-14-7-10(9)15-11/h2,5-7H,1,3-4H2. The molecule has 0 atom stereocenters. The molecule has 1 aliphatic carbocycles. The Kier molecular flexibility index (Phi) is 1.60. The molecule has 0 radical (unpaired) electrons. The third kappa shape index (κ3) is 1.08. The van der Waals surface area contributed by atoms with Crippen molar-refractivity contribution < 1.29 is 4.42 Å². The zero-order chi connectivity index (χ0) is 10.3. The second kappa shape index (κ2) is 2.83. The summed E-state index contributed by atoms with van der Waals surface area (Å²) in [6, 6.07) is 6.26. The van der Waals surface area contributed by atoms with E-state index < -0.39 is 0 Å². The first kappa shape index (κ1) is 8.49. The summed E-state index contributed by atoms with van der Waals surface area (Å²) >= 11 is 0. The highest BCUT2D eigenvalue weighted by Gasteiger charge is 2.42. The Balaban J connectivity index is 2.16. The van der Waals surface area contributed by atoms with Crippen LogP contribution in [0.15, 0.2) is 28.9 Å². The topological polar surface area (TPSA) is 49.8 Å². The number of fused-ring (bicyclic) bond motifs is 1. The van der Waals surface area contributed by atoms with Crippen molar-refractivity contribution in [2.75, 3.05) is 0 Å². The molecule has 2 aromatic rings. The lowest BCUT2D eigenvalue weighted by Gasteiger charge is -2.32. The number of nitrogens with zero attached hydrogens (tertiary/aromatic N) is 2. The first-order chi connectivity index (χ1) is 7.34. The Hall–Kier alpha value is -1.82. The molecule has 15 heavy (non-hydrogen) atoms. The maximum atomic E-state index is 9.19. The molecule has 1 aliphatic rings. The number of nitriles is 1. The van der Waals surface area contributed by atoms with Gasteiger partial charge in [-0.25, -0.2) is 0 Å². The van der Waals surface area contributed by atoms with Crippen molar-refractivity contribution in [2.24, 2.45) is 0 Å². The molecular formula is C12H10N2O. The Morgan fingerprint density at radius 2 is 2.33 bits per heavy atom. The van der Waals surface area contributed by atoms with Gasteiger partial charge in [0, 0.05) is 11.6 Å². The van der Waals surface area contributed by atoms with Gasteiger partial charge in [0.05, 0.1) is 12.3 Å². The monoisotopic (exact) mass is 198 g/mol. The summed E-state index contributed by atoms with van der Waals surface area (Å²) in [5, 5.41) is 10.2. The smallest absolute Gasteiger partial charge is 0.152 e. The molecule has 2 heterocycles. The SMILES string of the molecule is N#CC1(c2cc3ccncc3o2)CCC1. The van der Waals surface area contributed by atoms with Crippen LogP contribution in [0.5, 0.6) is 0 Å². The van der Waals surface area contributed by atoms with Gasteiger partial charge in [-0.05, 0) is 31.4 Å². The van der Waals surface area contributed by atoms with Crippen LogP contribution >= 0.6 is 0 Å². The average Bonchev–Trinajstić information content (AvgIpc) is 2.60. The normalized spacial score (nSPS) is 18.3. The molecule has 0 bridgehead atoms. The summed E-state index contributed by atoms with van der Waals surface area (Å²) in [7, 11) is 0. The number of pyridine rings is 1. The Morgan fingerprint density at radius 1 is 1.47 bits per heavy atom. The molecule has 74 valence electrons. The summed E-state index contributed by atoms with van der Waals surface area (Å²) in [6.07, 6.45) is 6.38. The Labute approximate surface area is 87.3 Å². The van der Waals surface area contributed by atoms with Crippen LogP contribution in [-0.4, -0.2) is 4.98 Å². The second-order valence-electron chi connectivity index (χ2n) is 4.07. The highest BCUT2D eigenvalue weighted by molar-refractivity contribution is 5.77. The molecule has 0 aliphatic heterocycles. The van der Waals surface area contributed by atoms with Crippen LogP contribution in [0, 0.1) is 11.3 Å². The van der Waals surface area contributed by atoms with E-state index in [9.17, 15) is 5.26 Å². The molecule has 0 unspecified atom stereocenters. The van der Waals surface area contributed by atoms with Gasteiger partial charge in [-0.1, -0.05) is 0 Å². The fourth-order valence-electron chi connectivity index (χ4n) is 2.06. The van der Waals surface area contributed by atoms with E-state index in [1.165, 1.54) is 0 Å². The summed E-state index contributed by atoms with van der Waals surface area (Å²) in [4.78, 5) is 4.00. The summed E-state index contributed by atoms with van der Waals surface area (Å²) < 4.78 is 5.68. The lowest BCUT2D eigenvalue weighted by Crippen LogP contribution is -2.31. The van der Waals surface area contributed by atoms with Crippen LogP contribution in [0.4, 0.5) is 0 Å². The number of rotatable bonds is 1. The molecule has 2 aromatic heterocycles. The summed E-state index contributed by atoms with van der Waals surface area (Å²) in [5.74, 6) is 0.805. The van der Waals surface area contributed by atoms with E-state index in [-0.39, 0.29) is 5.41 Å². The number of hydrogen-bond acceptors (Lipinski definition) is 3. The maximum Gasteiger partial charge on any atom is 0.152 e. The van der Waals surface area contributed by atoms with Crippen molar-refractivity contribution in [3.8, 4) is 6.07 Å². The minimum atomic E-state index is -0.362. The third-order valence-corrected chi connectivity index (χ3v) is 3.22. The molecule has 0 aromatic carbocycles. The van der Waals surface area contributed by atoms with E-state index >= 15 is 0 Å². The van der Waals surface area contributed by atoms with Crippen molar-refractivity contribution in [3.05, 3.63) is 30.3 Å². The highest BCUT2D eigenvalue weighted by atomic mass is 16.3. The molecule has 3 heteroatoms. The zero-order valence-corrected chi connectivity index (χ0v) is 8.23. The predicted molar refractivity (Wildman–Crippen MR) is 55.2 cm³/mol. The second-order valence-corrected chi connectivity index (χ2v) is 4.07. The van der Waals surface area contributed by atoms with Crippen LogP contribution in [0.2, 0.25) is 0 Å². The van der Waals surface area contributed by atoms with Crippen LogP contribution in [0.1, 0.15) is 25.0 Å². The number of furan rings is 1. The van der Waals surface area contributed by atoms with Crippen molar-refractivity contribution in [1.82, 2.24) is 4.98 Å². The molecule has 3 nitrogen and oxygen atoms in total. The Bertz CT molecular complexity index is 513. The molecule has 3 rings (SSSR count). The lowest BCUT2D eigenvalue weighted by molar-refractivity contribution is 0.274. The van der Waals surface area contributed by atoms with Gasteiger partial charge in [-0.3, -0.25) is 4.98 Å². The maximum absolute atomic E-state index is 9.19. The first-order valence-corrected chi connectivity index (χ1v) is 5.09. The number of hydrogen-bond donors (Lipinski definition) is 0. The van der Waals surface area contributed by atoms with Gasteiger partial charge in [0.1, 0.15) is 11.2 Å². The van der Waals surface area contributed by atoms with Crippen molar-refractivity contribution in [3.63, 3.8) is 0 Å². The van der Waals surface area contributed by atoms with Gasteiger partial charge < -0.3 is 4.42 Å². The minimum absolute atomic E-state index is 0.362. The van der Waals surface area contributed by atoms with Crippen LogP contribution in [0.25, 0.3) is 11.0 Å². The minimum Gasteiger partial charge on any atom is -0.458 e. The summed E-state index contributed by atoms with van der Waals surface area (Å²) in [5.41, 5.74) is 0.410. The van der Waals surface area contributed by atoms with Gasteiger partial charge in [-0.2, -0.15) is 5.26 Å². The fourth-order valence-corrected chi connectivity index (χ4v) is 2.06. The largest absolute Gasteiger partial charge is 0.458 e. The number of aromatic nitrogens is 1. The lowest BCUT2D eigenvalue weighted by atomic mass is 9.68. The fraction of sp³-hybridized carbons (Fsp3) is 0.333. The quantitative estimate of drug-likeness (QED) is 0.707. The first-order valence-electron chi connectivity index (χ1n) is 5.09. The van der Waals surface area contributed by atoms with E-state index in [1.54, 1.807) is 12.4 Å². The molecule has 0 amide bonds. The molecule has 0 spiro atoms. The van der Waals surface area contributed by atoms with Gasteiger partial charge >= 0.3 is 0 Å². The third-order valence-electron chi connectivity index (χ3n) is 3.22. The van der Waals surface area contributed by atoms with Crippen molar-refractivity contribution in [1.29, 1.82) is 5.26 Å². The van der Waals surface area contributed by atoms with E-state index in [1.807, 2.05) is 12.1 Å². The predicted octanol–water partition coefficient (Wildman–Crippen LogP) is 2.77. The van der Waals surface area contributed by atoms with E-state index in [4.69, 9.17) is 4.42 Å². The van der Waals surface area contributed by atoms with Gasteiger partial charge in [0.15, 0.2) is 5.58 Å². The van der Waals surface area contributed by atoms with E-state index in [0.717, 1.165) is 36.0 Å². The molecule has 0 N–H and O–H groups in total.